The Bertz CT molecular complexity index is 714. The molecule has 2 fully saturated rings. The highest BCUT2D eigenvalue weighted by atomic mass is 16.5. The molecule has 3 rings (SSSR count). The van der Waals surface area contributed by atoms with Crippen LogP contribution in [0.25, 0.3) is 0 Å². The van der Waals surface area contributed by atoms with Crippen LogP contribution in [-0.4, -0.2) is 94.1 Å². The van der Waals surface area contributed by atoms with Crippen molar-refractivity contribution in [1.82, 2.24) is 19.6 Å². The first-order valence-electron chi connectivity index (χ1n) is 10.2. The van der Waals surface area contributed by atoms with E-state index in [0.29, 0.717) is 45.3 Å². The number of aromatic nitrogens is 2. The van der Waals surface area contributed by atoms with E-state index in [0.717, 1.165) is 24.2 Å². The van der Waals surface area contributed by atoms with Crippen LogP contribution in [-0.2, 0) is 25.7 Å². The number of hydrogen-bond donors (Lipinski definition) is 2. The highest BCUT2D eigenvalue weighted by molar-refractivity contribution is 5.81. The summed E-state index contributed by atoms with van der Waals surface area (Å²) >= 11 is 0. The number of piperidine rings is 1. The number of amides is 2. The van der Waals surface area contributed by atoms with Crippen molar-refractivity contribution in [2.45, 2.75) is 33.2 Å². The van der Waals surface area contributed by atoms with Crippen LogP contribution in [0.3, 0.4) is 0 Å². The number of aliphatic hydroxyl groups excluding tert-OH is 1. The molecule has 1 aromatic rings. The lowest BCUT2D eigenvalue weighted by molar-refractivity contribution is -0.140. The van der Waals surface area contributed by atoms with Crippen LogP contribution in [0.4, 0.5) is 0 Å². The average molecular weight is 424 g/mol. The van der Waals surface area contributed by atoms with E-state index in [1.807, 2.05) is 24.8 Å². The minimum atomic E-state index is -0.331. The van der Waals surface area contributed by atoms with Gasteiger partial charge in [-0.3, -0.25) is 19.1 Å². The minimum Gasteiger partial charge on any atom is -0.483 e. The Morgan fingerprint density at radius 2 is 1.90 bits per heavy atom. The van der Waals surface area contributed by atoms with Gasteiger partial charge in [-0.25, -0.2) is 0 Å². The summed E-state index contributed by atoms with van der Waals surface area (Å²) in [6.07, 6.45) is 1.66. The lowest BCUT2D eigenvalue weighted by atomic mass is 9.96. The maximum Gasteiger partial charge on any atom is 0.290 e. The number of rotatable bonds is 4. The first-order valence-corrected chi connectivity index (χ1v) is 10.2. The Kier molecular flexibility index (Phi) is 9.25. The second-order valence-electron chi connectivity index (χ2n) is 7.75. The number of aliphatic hydroxyl groups is 1. The normalized spacial score (nSPS) is 20.2. The van der Waals surface area contributed by atoms with Crippen molar-refractivity contribution in [2.24, 2.45) is 11.8 Å². The van der Waals surface area contributed by atoms with E-state index in [2.05, 4.69) is 5.10 Å². The number of aryl methyl sites for hydroxylation is 2. The monoisotopic (exact) mass is 424 g/mol. The summed E-state index contributed by atoms with van der Waals surface area (Å²) in [5, 5.41) is 20.5. The van der Waals surface area contributed by atoms with Gasteiger partial charge in [0.25, 0.3) is 6.47 Å². The first-order chi connectivity index (χ1) is 14.4. The molecular formula is C20H32N4O6. The molecule has 1 unspecified atom stereocenters. The molecule has 1 atom stereocenters. The fourth-order valence-electron chi connectivity index (χ4n) is 3.84. The van der Waals surface area contributed by atoms with E-state index in [4.69, 9.17) is 14.6 Å². The topological polar surface area (TPSA) is 125 Å². The molecule has 0 aliphatic carbocycles. The Balaban J connectivity index is 0.00000101. The summed E-state index contributed by atoms with van der Waals surface area (Å²) in [4.78, 5) is 37.6. The number of likely N-dealkylation sites (tertiary alicyclic amines) is 1. The number of carbonyl (C=O) groups excluding carboxylic acids is 2. The number of carboxylic acid groups (broad SMARTS) is 1. The van der Waals surface area contributed by atoms with Crippen LogP contribution in [0.5, 0.6) is 0 Å². The van der Waals surface area contributed by atoms with Gasteiger partial charge in [-0.1, -0.05) is 0 Å². The van der Waals surface area contributed by atoms with Crippen molar-refractivity contribution in [3.63, 3.8) is 0 Å². The Labute approximate surface area is 176 Å². The third kappa shape index (κ3) is 6.53. The lowest BCUT2D eigenvalue weighted by Gasteiger charge is -2.34. The van der Waals surface area contributed by atoms with Crippen molar-refractivity contribution in [2.75, 3.05) is 46.0 Å². The molecule has 0 spiro atoms. The SMILES string of the molecule is Cc1cc(C)n(CC(=O)N2CCOCC(C(=O)N3CCC(CO)CC3)C2)n1.O=CO. The molecule has 2 aliphatic heterocycles. The predicted octanol–water partition coefficient (Wildman–Crippen LogP) is -0.0934. The van der Waals surface area contributed by atoms with E-state index in [1.54, 1.807) is 9.58 Å². The molecule has 168 valence electrons. The summed E-state index contributed by atoms with van der Waals surface area (Å²) in [6, 6.07) is 1.95. The van der Waals surface area contributed by atoms with Crippen LogP contribution in [0.2, 0.25) is 0 Å². The van der Waals surface area contributed by atoms with Gasteiger partial charge >= 0.3 is 0 Å². The van der Waals surface area contributed by atoms with E-state index < -0.39 is 0 Å². The molecule has 30 heavy (non-hydrogen) atoms. The Morgan fingerprint density at radius 3 is 2.47 bits per heavy atom. The molecule has 10 heteroatoms. The largest absolute Gasteiger partial charge is 0.483 e. The highest BCUT2D eigenvalue weighted by Crippen LogP contribution is 2.20. The van der Waals surface area contributed by atoms with Crippen molar-refractivity contribution >= 4 is 18.3 Å². The maximum atomic E-state index is 12.9. The minimum absolute atomic E-state index is 0.0384. The zero-order chi connectivity index (χ0) is 22.1. The summed E-state index contributed by atoms with van der Waals surface area (Å²) in [5.74, 6) is -0.0263. The first kappa shape index (κ1) is 23.8. The summed E-state index contributed by atoms with van der Waals surface area (Å²) in [7, 11) is 0. The van der Waals surface area contributed by atoms with Crippen molar-refractivity contribution in [3.8, 4) is 0 Å². The van der Waals surface area contributed by atoms with E-state index in [-0.39, 0.29) is 37.4 Å². The van der Waals surface area contributed by atoms with Crippen LogP contribution in [0.1, 0.15) is 24.2 Å². The van der Waals surface area contributed by atoms with Crippen LogP contribution in [0, 0.1) is 25.7 Å². The van der Waals surface area contributed by atoms with Gasteiger partial charge < -0.3 is 24.7 Å². The predicted molar refractivity (Wildman–Crippen MR) is 108 cm³/mol. The molecule has 0 saturated carbocycles. The van der Waals surface area contributed by atoms with Gasteiger partial charge in [-0.05, 0) is 38.7 Å². The summed E-state index contributed by atoms with van der Waals surface area (Å²) in [5.41, 5.74) is 1.84. The van der Waals surface area contributed by atoms with E-state index in [1.165, 1.54) is 0 Å². The molecule has 2 saturated heterocycles. The lowest BCUT2D eigenvalue weighted by Crippen LogP contribution is -2.47. The van der Waals surface area contributed by atoms with E-state index in [9.17, 15) is 14.7 Å². The van der Waals surface area contributed by atoms with Gasteiger partial charge in [0.05, 0.1) is 24.8 Å². The third-order valence-electron chi connectivity index (χ3n) is 5.54. The highest BCUT2D eigenvalue weighted by Gasteiger charge is 2.32. The molecule has 0 radical (unpaired) electrons. The fraction of sp³-hybridized carbons (Fsp3) is 0.700. The second kappa shape index (κ2) is 11.7. The number of nitrogens with zero attached hydrogens (tertiary/aromatic N) is 4. The molecular weight excluding hydrogens is 392 g/mol. The Morgan fingerprint density at radius 1 is 1.23 bits per heavy atom. The quantitative estimate of drug-likeness (QED) is 0.647. The summed E-state index contributed by atoms with van der Waals surface area (Å²) in [6.45, 7) is 6.96. The molecule has 2 aliphatic rings. The fourth-order valence-corrected chi connectivity index (χ4v) is 3.84. The van der Waals surface area contributed by atoms with Crippen LogP contribution >= 0.6 is 0 Å². The van der Waals surface area contributed by atoms with Crippen LogP contribution < -0.4 is 0 Å². The van der Waals surface area contributed by atoms with Crippen molar-refractivity contribution < 1.29 is 29.3 Å². The van der Waals surface area contributed by atoms with Crippen molar-refractivity contribution in [1.29, 1.82) is 0 Å². The zero-order valence-electron chi connectivity index (χ0n) is 17.7. The average Bonchev–Trinajstić information content (AvgIpc) is 2.92. The van der Waals surface area contributed by atoms with Gasteiger partial charge in [0.1, 0.15) is 6.54 Å². The van der Waals surface area contributed by atoms with Gasteiger partial charge in [0.15, 0.2) is 0 Å². The van der Waals surface area contributed by atoms with Gasteiger partial charge in [0.2, 0.25) is 11.8 Å². The number of ether oxygens (including phenoxy) is 1. The van der Waals surface area contributed by atoms with Gasteiger partial charge in [-0.2, -0.15) is 5.10 Å². The molecule has 2 N–H and O–H groups in total. The van der Waals surface area contributed by atoms with Crippen molar-refractivity contribution in [3.05, 3.63) is 17.5 Å². The second-order valence-corrected chi connectivity index (χ2v) is 7.75. The molecule has 3 heterocycles. The van der Waals surface area contributed by atoms with Crippen LogP contribution in [0.15, 0.2) is 6.07 Å². The molecule has 10 nitrogen and oxygen atoms in total. The smallest absolute Gasteiger partial charge is 0.290 e. The number of hydrogen-bond acceptors (Lipinski definition) is 6. The van der Waals surface area contributed by atoms with E-state index >= 15 is 0 Å². The zero-order valence-corrected chi connectivity index (χ0v) is 17.7. The maximum absolute atomic E-state index is 12.9. The molecule has 0 bridgehead atoms. The standard InChI is InChI=1S/C19H30N4O4.CH2O2/c1-14-9-15(2)23(20-14)11-18(25)22-7-8-27-13-17(10-22)19(26)21-5-3-16(12-24)4-6-21;2-1-3/h9,16-17,24H,3-8,10-13H2,1-2H3;1H,(H,2,3). The molecule has 1 aromatic heterocycles. The molecule has 0 aromatic carbocycles. The number of carbonyl (C=O) groups is 3. The third-order valence-corrected chi connectivity index (χ3v) is 5.54. The molecule has 2 amide bonds. The van der Waals surface area contributed by atoms with Gasteiger partial charge in [-0.15, -0.1) is 0 Å². The Hall–Kier alpha value is -2.46. The summed E-state index contributed by atoms with van der Waals surface area (Å²) < 4.78 is 7.32. The van der Waals surface area contributed by atoms with Gasteiger partial charge in [0, 0.05) is 38.5 Å².